The molecule has 2 atom stereocenters. The molecule has 2 unspecified atom stereocenters. The first-order chi connectivity index (χ1) is 12.6. The highest BCUT2D eigenvalue weighted by molar-refractivity contribution is 5.76. The zero-order valence-corrected chi connectivity index (χ0v) is 16.4. The molecule has 1 heterocycles. The molecule has 0 radical (unpaired) electrons. The predicted molar refractivity (Wildman–Crippen MR) is 103 cm³/mol. The van der Waals surface area contributed by atoms with E-state index in [4.69, 9.17) is 14.2 Å². The lowest BCUT2D eigenvalue weighted by molar-refractivity contribution is -0.122. The van der Waals surface area contributed by atoms with Gasteiger partial charge in [-0.1, -0.05) is 25.8 Å². The lowest BCUT2D eigenvalue weighted by Gasteiger charge is -2.18. The van der Waals surface area contributed by atoms with Crippen LogP contribution in [0.4, 0.5) is 0 Å². The van der Waals surface area contributed by atoms with Crippen LogP contribution in [0, 0.1) is 0 Å². The van der Waals surface area contributed by atoms with Gasteiger partial charge in [-0.3, -0.25) is 4.79 Å². The normalized spacial score (nSPS) is 17.7. The first-order valence-electron chi connectivity index (χ1n) is 9.85. The number of rotatable bonds is 11. The summed E-state index contributed by atoms with van der Waals surface area (Å²) in [6.07, 6.45) is 7.10. The lowest BCUT2D eigenvalue weighted by Crippen LogP contribution is -2.27. The summed E-state index contributed by atoms with van der Waals surface area (Å²) >= 11 is 0. The number of ether oxygens (including phenoxy) is 3. The van der Waals surface area contributed by atoms with Crippen LogP contribution in [0.2, 0.25) is 0 Å². The molecule has 1 fully saturated rings. The van der Waals surface area contributed by atoms with E-state index < -0.39 is 0 Å². The smallest absolute Gasteiger partial charge is 0.220 e. The van der Waals surface area contributed by atoms with E-state index in [1.807, 2.05) is 25.1 Å². The fourth-order valence-corrected chi connectivity index (χ4v) is 3.17. The number of benzene rings is 1. The van der Waals surface area contributed by atoms with Crippen molar-refractivity contribution in [1.29, 1.82) is 0 Å². The number of unbranched alkanes of at least 4 members (excludes halogenated alkanes) is 2. The summed E-state index contributed by atoms with van der Waals surface area (Å²) in [5.74, 6) is 1.52. The highest BCUT2D eigenvalue weighted by Crippen LogP contribution is 2.30. The predicted octanol–water partition coefficient (Wildman–Crippen LogP) is 4.40. The second-order valence-corrected chi connectivity index (χ2v) is 6.93. The summed E-state index contributed by atoms with van der Waals surface area (Å²) in [5, 5.41) is 3.06. The van der Waals surface area contributed by atoms with Crippen molar-refractivity contribution >= 4 is 5.91 Å². The van der Waals surface area contributed by atoms with E-state index in [1.165, 1.54) is 6.42 Å². The summed E-state index contributed by atoms with van der Waals surface area (Å²) in [4.78, 5) is 12.2. The fraction of sp³-hybridized carbons (Fsp3) is 0.667. The summed E-state index contributed by atoms with van der Waals surface area (Å²) in [6, 6.07) is 5.79. The number of amides is 1. The van der Waals surface area contributed by atoms with Crippen molar-refractivity contribution in [3.63, 3.8) is 0 Å². The highest BCUT2D eigenvalue weighted by Gasteiger charge is 2.18. The molecule has 1 aliphatic rings. The van der Waals surface area contributed by atoms with Crippen LogP contribution in [0.1, 0.15) is 70.4 Å². The van der Waals surface area contributed by atoms with Crippen LogP contribution in [0.3, 0.4) is 0 Å². The monoisotopic (exact) mass is 363 g/mol. The lowest BCUT2D eigenvalue weighted by atomic mass is 10.1. The van der Waals surface area contributed by atoms with Gasteiger partial charge in [-0.05, 0) is 50.3 Å². The third kappa shape index (κ3) is 6.52. The molecule has 0 saturated carbocycles. The minimum absolute atomic E-state index is 0.0619. The van der Waals surface area contributed by atoms with Crippen molar-refractivity contribution in [2.45, 2.75) is 70.9 Å². The fourth-order valence-electron chi connectivity index (χ4n) is 3.17. The Kier molecular flexibility index (Phi) is 8.75. The average Bonchev–Trinajstić information content (AvgIpc) is 3.17. The molecule has 0 aliphatic carbocycles. The zero-order chi connectivity index (χ0) is 18.8. The van der Waals surface area contributed by atoms with Gasteiger partial charge in [0.15, 0.2) is 11.5 Å². The average molecular weight is 363 g/mol. The van der Waals surface area contributed by atoms with Gasteiger partial charge in [-0.15, -0.1) is 0 Å². The van der Waals surface area contributed by atoms with E-state index >= 15 is 0 Å². The van der Waals surface area contributed by atoms with E-state index in [9.17, 15) is 4.79 Å². The molecule has 1 saturated heterocycles. The first kappa shape index (κ1) is 20.6. The van der Waals surface area contributed by atoms with Crippen molar-refractivity contribution in [1.82, 2.24) is 5.32 Å². The molecule has 1 amide bonds. The third-order valence-electron chi connectivity index (χ3n) is 4.79. The van der Waals surface area contributed by atoms with Gasteiger partial charge in [-0.2, -0.15) is 0 Å². The Hall–Kier alpha value is -1.75. The van der Waals surface area contributed by atoms with Crippen molar-refractivity contribution in [2.24, 2.45) is 0 Å². The molecule has 5 nitrogen and oxygen atoms in total. The van der Waals surface area contributed by atoms with Crippen molar-refractivity contribution in [2.75, 3.05) is 20.3 Å². The molecule has 0 spiro atoms. The Morgan fingerprint density at radius 1 is 1.35 bits per heavy atom. The van der Waals surface area contributed by atoms with Crippen LogP contribution >= 0.6 is 0 Å². The maximum Gasteiger partial charge on any atom is 0.220 e. The van der Waals surface area contributed by atoms with Crippen LogP contribution in [0.15, 0.2) is 18.2 Å². The Morgan fingerprint density at radius 3 is 2.88 bits per heavy atom. The van der Waals surface area contributed by atoms with E-state index in [2.05, 4.69) is 12.2 Å². The maximum absolute atomic E-state index is 12.2. The van der Waals surface area contributed by atoms with E-state index in [0.29, 0.717) is 18.8 Å². The van der Waals surface area contributed by atoms with E-state index in [-0.39, 0.29) is 18.1 Å². The van der Waals surface area contributed by atoms with E-state index in [0.717, 1.165) is 50.0 Å². The summed E-state index contributed by atoms with van der Waals surface area (Å²) in [6.45, 7) is 5.68. The van der Waals surface area contributed by atoms with Crippen LogP contribution in [0.25, 0.3) is 0 Å². The second-order valence-electron chi connectivity index (χ2n) is 6.93. The Bertz CT molecular complexity index is 555. The van der Waals surface area contributed by atoms with Gasteiger partial charge in [0.2, 0.25) is 5.91 Å². The van der Waals surface area contributed by atoms with Gasteiger partial charge in [0, 0.05) is 13.0 Å². The summed E-state index contributed by atoms with van der Waals surface area (Å²) < 4.78 is 16.8. The molecule has 1 N–H and O–H groups in total. The molecular formula is C21H33NO4. The molecule has 1 aromatic rings. The second kappa shape index (κ2) is 11.1. The number of methoxy groups -OCH3 is 1. The SMILES string of the molecule is CCCCCOc1ccc(C(C)NC(=O)CCC2CCCO2)cc1OC. The number of carbonyl (C=O) groups excluding carboxylic acids is 1. The molecular weight excluding hydrogens is 330 g/mol. The highest BCUT2D eigenvalue weighted by atomic mass is 16.5. The van der Waals surface area contributed by atoms with Crippen LogP contribution in [-0.2, 0) is 9.53 Å². The number of hydrogen-bond acceptors (Lipinski definition) is 4. The minimum atomic E-state index is -0.0740. The molecule has 146 valence electrons. The van der Waals surface area contributed by atoms with Gasteiger partial charge in [-0.25, -0.2) is 0 Å². The number of carbonyl (C=O) groups is 1. The molecule has 2 rings (SSSR count). The zero-order valence-electron chi connectivity index (χ0n) is 16.4. The van der Waals surface area contributed by atoms with Crippen molar-refractivity contribution in [3.05, 3.63) is 23.8 Å². The van der Waals surface area contributed by atoms with Crippen molar-refractivity contribution in [3.8, 4) is 11.5 Å². The Labute approximate surface area is 157 Å². The topological polar surface area (TPSA) is 56.8 Å². The van der Waals surface area contributed by atoms with Gasteiger partial charge >= 0.3 is 0 Å². The Balaban J connectivity index is 1.84. The quantitative estimate of drug-likeness (QED) is 0.592. The molecule has 0 aromatic heterocycles. The molecule has 5 heteroatoms. The van der Waals surface area contributed by atoms with Gasteiger partial charge in [0.1, 0.15) is 0 Å². The van der Waals surface area contributed by atoms with Gasteiger partial charge < -0.3 is 19.5 Å². The number of hydrogen-bond donors (Lipinski definition) is 1. The van der Waals surface area contributed by atoms with Gasteiger partial charge in [0.05, 0.1) is 25.9 Å². The Morgan fingerprint density at radius 2 is 2.19 bits per heavy atom. The summed E-state index contributed by atoms with van der Waals surface area (Å²) in [5.41, 5.74) is 1.01. The van der Waals surface area contributed by atoms with Crippen LogP contribution < -0.4 is 14.8 Å². The number of nitrogens with one attached hydrogen (secondary N) is 1. The van der Waals surface area contributed by atoms with Crippen molar-refractivity contribution < 1.29 is 19.0 Å². The van der Waals surface area contributed by atoms with E-state index in [1.54, 1.807) is 7.11 Å². The first-order valence-corrected chi connectivity index (χ1v) is 9.85. The maximum atomic E-state index is 12.2. The largest absolute Gasteiger partial charge is 0.493 e. The van der Waals surface area contributed by atoms with Crippen LogP contribution in [0.5, 0.6) is 11.5 Å². The molecule has 1 aromatic carbocycles. The molecule has 1 aliphatic heterocycles. The summed E-state index contributed by atoms with van der Waals surface area (Å²) in [7, 11) is 1.64. The molecule has 0 bridgehead atoms. The third-order valence-corrected chi connectivity index (χ3v) is 4.79. The molecule has 26 heavy (non-hydrogen) atoms. The minimum Gasteiger partial charge on any atom is -0.493 e. The standard InChI is InChI=1S/C21H33NO4/c1-4-5-6-13-26-19-11-9-17(15-20(19)24-3)16(2)22-21(23)12-10-18-8-7-14-25-18/h9,11,15-16,18H,4-8,10,12-14H2,1-3H3,(H,22,23). The van der Waals surface area contributed by atoms with Gasteiger partial charge in [0.25, 0.3) is 0 Å². The van der Waals surface area contributed by atoms with Crippen LogP contribution in [-0.4, -0.2) is 32.3 Å².